The molecule has 0 saturated carbocycles. The van der Waals surface area contributed by atoms with Crippen LogP contribution in [-0.2, 0) is 0 Å². The number of likely N-dealkylation sites (tertiary alicyclic amines) is 1. The predicted molar refractivity (Wildman–Crippen MR) is 116 cm³/mol. The summed E-state index contributed by atoms with van der Waals surface area (Å²) in [6.45, 7) is 4.68. The van der Waals surface area contributed by atoms with E-state index in [0.29, 0.717) is 23.5 Å². The van der Waals surface area contributed by atoms with Gasteiger partial charge < -0.3 is 24.0 Å². The van der Waals surface area contributed by atoms with Gasteiger partial charge in [0.05, 0.1) is 29.6 Å². The largest absolute Gasteiger partial charge is 0.493 e. The molecule has 0 spiro atoms. The van der Waals surface area contributed by atoms with E-state index in [2.05, 4.69) is 10.1 Å². The molecule has 4 rings (SSSR count). The molecule has 0 amide bonds. The monoisotopic (exact) mass is 431 g/mol. The zero-order chi connectivity index (χ0) is 24.3. The lowest BCUT2D eigenvalue weighted by atomic mass is 9.91. The van der Waals surface area contributed by atoms with E-state index in [-0.39, 0.29) is 17.5 Å². The maximum atomic E-state index is 13.4. The number of rotatable bonds is 8. The van der Waals surface area contributed by atoms with Crippen LogP contribution in [0.1, 0.15) is 53.6 Å². The Morgan fingerprint density at radius 2 is 2.10 bits per heavy atom. The van der Waals surface area contributed by atoms with Crippen LogP contribution in [0, 0.1) is 5.82 Å². The third-order valence-corrected chi connectivity index (χ3v) is 5.87. The van der Waals surface area contributed by atoms with Crippen LogP contribution >= 0.6 is 0 Å². The first-order chi connectivity index (χ1) is 16.2. The zero-order valence-corrected chi connectivity index (χ0v) is 17.5. The van der Waals surface area contributed by atoms with Crippen LogP contribution in [0.15, 0.2) is 40.9 Å². The molecular formula is C24H29FN2O4. The maximum absolute atomic E-state index is 13.4. The van der Waals surface area contributed by atoms with Gasteiger partial charge in [0.1, 0.15) is 5.82 Å². The second-order valence-electron chi connectivity index (χ2n) is 8.01. The number of hydrogen-bond donors (Lipinski definition) is 1. The van der Waals surface area contributed by atoms with Crippen LogP contribution in [0.4, 0.5) is 4.39 Å². The van der Waals surface area contributed by atoms with Gasteiger partial charge in [-0.15, -0.1) is 0 Å². The maximum Gasteiger partial charge on any atom is 0.170 e. The Morgan fingerprint density at radius 1 is 1.26 bits per heavy atom. The van der Waals surface area contributed by atoms with Crippen molar-refractivity contribution in [2.45, 2.75) is 38.2 Å². The standard InChI is InChI=1S/C24H29FN2O4/c1-16(28)18-4-7-21(23(14-18)29-2)30-13-3-10-27-11-8-17(9-12-27)24-20-6-5-19(25)15-22(20)31-26-24/h4-7,14-17,28H,3,8-13H2,1-2H3/i2D3. The molecule has 1 unspecified atom stereocenters. The van der Waals surface area contributed by atoms with Gasteiger partial charge in [-0.1, -0.05) is 11.2 Å². The normalized spacial score (nSPS) is 18.4. The number of fused-ring (bicyclic) bond motifs is 1. The number of aliphatic hydroxyl groups is 1. The fourth-order valence-corrected chi connectivity index (χ4v) is 4.11. The van der Waals surface area contributed by atoms with Crippen LogP contribution in [-0.4, -0.2) is 48.4 Å². The number of piperidine rings is 1. The third kappa shape index (κ3) is 4.99. The van der Waals surface area contributed by atoms with E-state index in [9.17, 15) is 9.50 Å². The third-order valence-electron chi connectivity index (χ3n) is 5.87. The van der Waals surface area contributed by atoms with Crippen LogP contribution in [0.5, 0.6) is 11.5 Å². The molecule has 2 heterocycles. The molecule has 1 aliphatic heterocycles. The highest BCUT2D eigenvalue weighted by Crippen LogP contribution is 2.33. The number of nitrogens with zero attached hydrogens (tertiary/aromatic N) is 2. The van der Waals surface area contributed by atoms with E-state index in [1.807, 2.05) is 0 Å². The molecule has 1 atom stereocenters. The van der Waals surface area contributed by atoms with Crippen molar-refractivity contribution in [1.29, 1.82) is 0 Å². The summed E-state index contributed by atoms with van der Waals surface area (Å²) in [6.07, 6.45) is 1.91. The summed E-state index contributed by atoms with van der Waals surface area (Å²) in [6, 6.07) is 9.36. The Hall–Kier alpha value is -2.64. The summed E-state index contributed by atoms with van der Waals surface area (Å²) in [7, 11) is -2.61. The Morgan fingerprint density at radius 3 is 2.87 bits per heavy atom. The molecule has 0 aliphatic carbocycles. The number of hydrogen-bond acceptors (Lipinski definition) is 6. The van der Waals surface area contributed by atoms with E-state index in [4.69, 9.17) is 18.1 Å². The highest BCUT2D eigenvalue weighted by Gasteiger charge is 2.25. The number of methoxy groups -OCH3 is 1. The van der Waals surface area contributed by atoms with Gasteiger partial charge in [-0.2, -0.15) is 0 Å². The molecule has 6 nitrogen and oxygen atoms in total. The molecule has 1 aromatic heterocycles. The van der Waals surface area contributed by atoms with Crippen LogP contribution in [0.2, 0.25) is 0 Å². The number of aromatic nitrogens is 1. The van der Waals surface area contributed by atoms with Gasteiger partial charge >= 0.3 is 0 Å². The zero-order valence-electron chi connectivity index (χ0n) is 20.5. The summed E-state index contributed by atoms with van der Waals surface area (Å²) < 4.78 is 51.7. The highest BCUT2D eigenvalue weighted by molar-refractivity contribution is 5.79. The van der Waals surface area contributed by atoms with E-state index in [1.54, 1.807) is 25.1 Å². The van der Waals surface area contributed by atoms with Gasteiger partial charge in [-0.05, 0) is 69.1 Å². The van der Waals surface area contributed by atoms with Crippen molar-refractivity contribution in [2.24, 2.45) is 0 Å². The minimum absolute atomic E-state index is 0.0962. The Labute approximate surface area is 185 Å². The van der Waals surface area contributed by atoms with Crippen molar-refractivity contribution in [3.8, 4) is 11.5 Å². The van der Waals surface area contributed by atoms with Gasteiger partial charge in [0.25, 0.3) is 0 Å². The SMILES string of the molecule is [2H]C([2H])([2H])Oc1cc(C(C)O)ccc1OCCCN1CCC(c2noc3cc(F)ccc23)CC1. The molecule has 0 bridgehead atoms. The average Bonchev–Trinajstić information content (AvgIpc) is 3.19. The van der Waals surface area contributed by atoms with Crippen LogP contribution in [0.3, 0.4) is 0 Å². The molecule has 166 valence electrons. The minimum Gasteiger partial charge on any atom is -0.493 e. The Bertz CT molecular complexity index is 1110. The van der Waals surface area contributed by atoms with Gasteiger partial charge in [-0.3, -0.25) is 0 Å². The van der Waals surface area contributed by atoms with Crippen molar-refractivity contribution in [3.05, 3.63) is 53.5 Å². The molecule has 0 radical (unpaired) electrons. The van der Waals surface area contributed by atoms with Crippen molar-refractivity contribution < 1.29 is 27.6 Å². The summed E-state index contributed by atoms with van der Waals surface area (Å²) in [5, 5.41) is 14.8. The first-order valence-electron chi connectivity index (χ1n) is 12.1. The molecule has 1 N–H and O–H groups in total. The molecule has 7 heteroatoms. The van der Waals surface area contributed by atoms with Crippen LogP contribution in [0.25, 0.3) is 11.0 Å². The van der Waals surface area contributed by atoms with Crippen LogP contribution < -0.4 is 9.47 Å². The fraction of sp³-hybridized carbons (Fsp3) is 0.458. The molecule has 1 saturated heterocycles. The molecule has 3 aromatic rings. The lowest BCUT2D eigenvalue weighted by Gasteiger charge is -2.31. The average molecular weight is 432 g/mol. The fourth-order valence-electron chi connectivity index (χ4n) is 4.11. The van der Waals surface area contributed by atoms with Gasteiger partial charge in [0.2, 0.25) is 0 Å². The Kier molecular flexibility index (Phi) is 5.60. The van der Waals surface area contributed by atoms with Gasteiger partial charge in [0.15, 0.2) is 17.1 Å². The second-order valence-corrected chi connectivity index (χ2v) is 8.01. The number of aliphatic hydroxyl groups excluding tert-OH is 1. The first-order valence-corrected chi connectivity index (χ1v) is 10.6. The molecule has 1 aliphatic rings. The lowest BCUT2D eigenvalue weighted by molar-refractivity contribution is 0.188. The summed E-state index contributed by atoms with van der Waals surface area (Å²) in [5.41, 5.74) is 1.94. The molecule has 31 heavy (non-hydrogen) atoms. The predicted octanol–water partition coefficient (Wildman–Crippen LogP) is 4.68. The van der Waals surface area contributed by atoms with Crippen molar-refractivity contribution in [1.82, 2.24) is 10.1 Å². The quantitative estimate of drug-likeness (QED) is 0.523. The summed E-state index contributed by atoms with van der Waals surface area (Å²) in [4.78, 5) is 2.36. The number of halogens is 1. The molecular weight excluding hydrogens is 399 g/mol. The lowest BCUT2D eigenvalue weighted by Crippen LogP contribution is -2.34. The van der Waals surface area contributed by atoms with E-state index >= 15 is 0 Å². The summed E-state index contributed by atoms with van der Waals surface area (Å²) in [5.74, 6) is 0.391. The van der Waals surface area contributed by atoms with E-state index in [1.165, 1.54) is 18.2 Å². The van der Waals surface area contributed by atoms with E-state index < -0.39 is 13.1 Å². The van der Waals surface area contributed by atoms with Gasteiger partial charge in [0, 0.05) is 23.9 Å². The number of benzene rings is 2. The minimum atomic E-state index is -2.61. The first kappa shape index (κ1) is 18.0. The smallest absolute Gasteiger partial charge is 0.170 e. The highest BCUT2D eigenvalue weighted by atomic mass is 19.1. The van der Waals surface area contributed by atoms with Crippen molar-refractivity contribution in [3.63, 3.8) is 0 Å². The van der Waals surface area contributed by atoms with E-state index in [0.717, 1.165) is 50.0 Å². The topological polar surface area (TPSA) is 68.0 Å². The molecule has 2 aromatic carbocycles. The van der Waals surface area contributed by atoms with Crippen molar-refractivity contribution in [2.75, 3.05) is 33.3 Å². The second kappa shape index (κ2) is 9.66. The summed E-state index contributed by atoms with van der Waals surface area (Å²) >= 11 is 0. The Balaban J connectivity index is 1.26. The molecule has 1 fully saturated rings. The van der Waals surface area contributed by atoms with Crippen molar-refractivity contribution >= 4 is 11.0 Å². The number of ether oxygens (including phenoxy) is 2. The van der Waals surface area contributed by atoms with Gasteiger partial charge in [-0.25, -0.2) is 4.39 Å².